The molecule has 5 N–H and O–H groups in total. The highest BCUT2D eigenvalue weighted by Gasteiger charge is 2.29. The smallest absolute Gasteiger partial charge is 0.319 e. The molecule has 3 amide bonds. The van der Waals surface area contributed by atoms with Crippen molar-refractivity contribution < 1.29 is 14.0 Å². The van der Waals surface area contributed by atoms with Crippen LogP contribution in [0.4, 0.5) is 25.7 Å². The topological polar surface area (TPSA) is 124 Å². The normalized spacial score (nSPS) is 11.5. The lowest BCUT2D eigenvalue weighted by Gasteiger charge is -2.26. The Hall–Kier alpha value is -3.44. The second-order valence-electron chi connectivity index (χ2n) is 7.80. The van der Waals surface area contributed by atoms with Crippen molar-refractivity contribution in [2.45, 2.75) is 26.1 Å². The van der Waals surface area contributed by atoms with Crippen LogP contribution in [0.1, 0.15) is 19.4 Å². The molecular formula is C21H21ClFN7O2S. The summed E-state index contributed by atoms with van der Waals surface area (Å²) < 4.78 is 14.3. The number of aromatic amines is 1. The number of hydrogen-bond acceptors (Lipinski definition) is 6. The summed E-state index contributed by atoms with van der Waals surface area (Å²) in [7, 11) is 1.49. The van der Waals surface area contributed by atoms with Gasteiger partial charge in [0.2, 0.25) is 0 Å². The van der Waals surface area contributed by atoms with Crippen LogP contribution < -0.4 is 21.3 Å². The van der Waals surface area contributed by atoms with E-state index in [0.717, 1.165) is 10.1 Å². The van der Waals surface area contributed by atoms with Crippen molar-refractivity contribution in [1.82, 2.24) is 20.5 Å². The third-order valence-electron chi connectivity index (χ3n) is 4.99. The summed E-state index contributed by atoms with van der Waals surface area (Å²) in [5.74, 6) is -0.345. The number of hydrogen-bond donors (Lipinski definition) is 5. The molecule has 12 heteroatoms. The third kappa shape index (κ3) is 4.55. The van der Waals surface area contributed by atoms with Crippen molar-refractivity contribution in [3.63, 3.8) is 0 Å². The molecule has 0 aliphatic carbocycles. The van der Waals surface area contributed by atoms with E-state index in [0.29, 0.717) is 38.1 Å². The zero-order valence-corrected chi connectivity index (χ0v) is 19.5. The maximum absolute atomic E-state index is 13.5. The second-order valence-corrected chi connectivity index (χ2v) is 9.21. The Labute approximate surface area is 197 Å². The molecule has 2 aromatic heterocycles. The number of benzene rings is 2. The van der Waals surface area contributed by atoms with Crippen LogP contribution in [0.15, 0.2) is 30.5 Å². The van der Waals surface area contributed by atoms with Gasteiger partial charge in [0.05, 0.1) is 32.6 Å². The number of amides is 3. The SMILES string of the molecule is CNC(=O)Nc1cc(NC(C)(C)C(=O)Nc2nc3c(CF)cc4[nH]ncc4c3s2)ccc1Cl. The number of anilines is 3. The molecule has 0 unspecified atom stereocenters. The quantitative estimate of drug-likeness (QED) is 0.264. The number of thiazole rings is 1. The lowest BCUT2D eigenvalue weighted by molar-refractivity contribution is -0.119. The maximum atomic E-state index is 13.5. The second kappa shape index (κ2) is 8.83. The minimum Gasteiger partial charge on any atom is -0.372 e. The number of aromatic nitrogens is 3. The molecule has 0 atom stereocenters. The molecule has 9 nitrogen and oxygen atoms in total. The number of alkyl halides is 1. The van der Waals surface area contributed by atoms with Gasteiger partial charge in [-0.25, -0.2) is 14.2 Å². The Morgan fingerprint density at radius 1 is 1.24 bits per heavy atom. The van der Waals surface area contributed by atoms with E-state index < -0.39 is 18.2 Å². The number of carbonyl (C=O) groups is 2. The Morgan fingerprint density at radius 3 is 2.76 bits per heavy atom. The summed E-state index contributed by atoms with van der Waals surface area (Å²) >= 11 is 7.40. The lowest BCUT2D eigenvalue weighted by Crippen LogP contribution is -2.44. The van der Waals surface area contributed by atoms with E-state index in [-0.39, 0.29) is 5.91 Å². The Morgan fingerprint density at radius 2 is 2.03 bits per heavy atom. The minimum absolute atomic E-state index is 0.345. The van der Waals surface area contributed by atoms with E-state index >= 15 is 0 Å². The number of urea groups is 1. The number of fused-ring (bicyclic) bond motifs is 3. The van der Waals surface area contributed by atoms with E-state index in [1.165, 1.54) is 18.4 Å². The number of nitrogens with zero attached hydrogens (tertiary/aromatic N) is 2. The highest BCUT2D eigenvalue weighted by molar-refractivity contribution is 7.23. The zero-order valence-electron chi connectivity index (χ0n) is 18.0. The Kier molecular flexibility index (Phi) is 6.09. The number of nitrogens with one attached hydrogen (secondary N) is 5. The average Bonchev–Trinajstić information content (AvgIpc) is 3.41. The molecule has 0 saturated heterocycles. The molecule has 4 rings (SSSR count). The molecular weight excluding hydrogens is 469 g/mol. The first-order valence-electron chi connectivity index (χ1n) is 9.91. The van der Waals surface area contributed by atoms with Crippen LogP contribution in [-0.4, -0.2) is 39.7 Å². The fraction of sp³-hybridized carbons (Fsp3) is 0.238. The molecule has 0 bridgehead atoms. The summed E-state index contributed by atoms with van der Waals surface area (Å²) in [4.78, 5) is 29.1. The van der Waals surface area contributed by atoms with Crippen molar-refractivity contribution in [2.75, 3.05) is 23.0 Å². The van der Waals surface area contributed by atoms with Crippen LogP contribution in [-0.2, 0) is 11.5 Å². The van der Waals surface area contributed by atoms with Crippen LogP contribution in [0, 0.1) is 0 Å². The van der Waals surface area contributed by atoms with Gasteiger partial charge in [-0.3, -0.25) is 15.2 Å². The van der Waals surface area contributed by atoms with E-state index in [4.69, 9.17) is 11.6 Å². The van der Waals surface area contributed by atoms with Gasteiger partial charge in [0.15, 0.2) is 5.13 Å². The highest BCUT2D eigenvalue weighted by Crippen LogP contribution is 2.35. The molecule has 0 saturated carbocycles. The zero-order chi connectivity index (χ0) is 23.8. The number of H-pyrrole nitrogens is 1. The van der Waals surface area contributed by atoms with Crippen molar-refractivity contribution in [3.05, 3.63) is 41.0 Å². The maximum Gasteiger partial charge on any atom is 0.319 e. The van der Waals surface area contributed by atoms with Gasteiger partial charge >= 0.3 is 6.03 Å². The van der Waals surface area contributed by atoms with Crippen LogP contribution >= 0.6 is 22.9 Å². The molecule has 0 aliphatic heterocycles. The number of halogens is 2. The van der Waals surface area contributed by atoms with Gasteiger partial charge < -0.3 is 16.0 Å². The predicted molar refractivity (Wildman–Crippen MR) is 130 cm³/mol. The van der Waals surface area contributed by atoms with Crippen LogP contribution in [0.3, 0.4) is 0 Å². The van der Waals surface area contributed by atoms with E-state index in [2.05, 4.69) is 36.4 Å². The molecule has 4 aromatic rings. The van der Waals surface area contributed by atoms with Gasteiger partial charge in [0.25, 0.3) is 5.91 Å². The molecule has 0 radical (unpaired) electrons. The molecule has 0 spiro atoms. The molecule has 0 aliphatic rings. The van der Waals surface area contributed by atoms with Gasteiger partial charge in [-0.2, -0.15) is 5.10 Å². The lowest BCUT2D eigenvalue weighted by atomic mass is 10.0. The molecule has 2 heterocycles. The first kappa shape index (κ1) is 22.7. The standard InChI is InChI=1S/C21H21ClFN7O2S/c1-21(2,29-11-4-5-13(22)15(7-11)26-19(32)24-3)18(31)28-20-27-16-10(8-23)6-14-12(9-25-30-14)17(16)33-20/h4-7,9,29H,8H2,1-3H3,(H,25,30)(H2,24,26,32)(H,27,28,31). The van der Waals surface area contributed by atoms with Gasteiger partial charge in [-0.1, -0.05) is 22.9 Å². The van der Waals surface area contributed by atoms with E-state index in [9.17, 15) is 14.0 Å². The average molecular weight is 490 g/mol. The first-order valence-corrected chi connectivity index (χ1v) is 11.1. The van der Waals surface area contributed by atoms with E-state index in [1.807, 2.05) is 0 Å². The van der Waals surface area contributed by atoms with Crippen molar-refractivity contribution in [1.29, 1.82) is 0 Å². The fourth-order valence-corrected chi connectivity index (χ4v) is 4.44. The summed E-state index contributed by atoms with van der Waals surface area (Å²) in [6.07, 6.45) is 1.65. The van der Waals surface area contributed by atoms with Gasteiger partial charge in [0.1, 0.15) is 12.2 Å². The molecule has 172 valence electrons. The molecule has 2 aromatic carbocycles. The van der Waals surface area contributed by atoms with Crippen LogP contribution in [0.25, 0.3) is 21.1 Å². The monoisotopic (exact) mass is 489 g/mol. The van der Waals surface area contributed by atoms with Gasteiger partial charge in [0, 0.05) is 23.7 Å². The van der Waals surface area contributed by atoms with Crippen LogP contribution in [0.5, 0.6) is 0 Å². The summed E-state index contributed by atoms with van der Waals surface area (Å²) in [6, 6.07) is 6.21. The van der Waals surface area contributed by atoms with Gasteiger partial charge in [-0.05, 0) is 38.1 Å². The fourth-order valence-electron chi connectivity index (χ4n) is 3.26. The Balaban J connectivity index is 1.56. The molecule has 0 fully saturated rings. The van der Waals surface area contributed by atoms with E-state index in [1.54, 1.807) is 44.3 Å². The molecule has 33 heavy (non-hydrogen) atoms. The highest BCUT2D eigenvalue weighted by atomic mass is 35.5. The van der Waals surface area contributed by atoms with Crippen molar-refractivity contribution in [2.24, 2.45) is 0 Å². The number of rotatable bonds is 6. The Bertz CT molecular complexity index is 1370. The predicted octanol–water partition coefficient (Wildman–Crippen LogP) is 4.88. The summed E-state index contributed by atoms with van der Waals surface area (Å²) in [5.41, 5.74) is 1.56. The summed E-state index contributed by atoms with van der Waals surface area (Å²) in [6.45, 7) is 2.73. The first-order chi connectivity index (χ1) is 15.7. The summed E-state index contributed by atoms with van der Waals surface area (Å²) in [5, 5.41) is 19.4. The third-order valence-corrected chi connectivity index (χ3v) is 6.33. The van der Waals surface area contributed by atoms with Crippen molar-refractivity contribution in [3.8, 4) is 0 Å². The minimum atomic E-state index is -1.05. The van der Waals surface area contributed by atoms with Crippen molar-refractivity contribution >= 4 is 72.5 Å². The van der Waals surface area contributed by atoms with Crippen LogP contribution in [0.2, 0.25) is 5.02 Å². The largest absolute Gasteiger partial charge is 0.372 e. The number of carbonyl (C=O) groups excluding carboxylic acids is 2. The van der Waals surface area contributed by atoms with Gasteiger partial charge in [-0.15, -0.1) is 0 Å².